The molecular weight excluding hydrogens is 168 g/mol. The van der Waals surface area contributed by atoms with E-state index in [0.29, 0.717) is 0 Å². The Morgan fingerprint density at radius 1 is 0.909 bits per heavy atom. The van der Waals surface area contributed by atoms with Crippen molar-refractivity contribution in [1.29, 1.82) is 0 Å². The molecule has 0 spiro atoms. The van der Waals surface area contributed by atoms with Crippen LogP contribution in [-0.2, 0) is 0 Å². The van der Waals surface area contributed by atoms with Gasteiger partial charge in [0.2, 0.25) is 0 Å². The molecule has 0 saturated heterocycles. The molecule has 0 bridgehead atoms. The van der Waals surface area contributed by atoms with Gasteiger partial charge in [0.1, 0.15) is 22.9 Å². The van der Waals surface area contributed by atoms with Gasteiger partial charge in [-0.2, -0.15) is 0 Å². The minimum Gasteiger partial charge on any atom is -0.506 e. The van der Waals surface area contributed by atoms with E-state index in [1.807, 2.05) is 0 Å². The van der Waals surface area contributed by atoms with Crippen molar-refractivity contribution in [1.82, 2.24) is 0 Å². The van der Waals surface area contributed by atoms with Gasteiger partial charge in [-0.05, 0) is 12.1 Å². The highest BCUT2D eigenvalue weighted by Gasteiger charge is 2.04. The fraction of sp³-hybridized carbons (Fsp3) is 0. The number of anilines is 2. The Bertz CT molecular complexity index is 238. The average molecular weight is 177 g/mol. The SMILES string of the molecule is Cl.Nc1c(O)ccc(O)c1N. The summed E-state index contributed by atoms with van der Waals surface area (Å²) in [5.74, 6) is -0.231. The molecule has 0 atom stereocenters. The summed E-state index contributed by atoms with van der Waals surface area (Å²) in [6, 6.07) is 2.56. The third-order valence-corrected chi connectivity index (χ3v) is 1.24. The van der Waals surface area contributed by atoms with E-state index in [1.54, 1.807) is 0 Å². The molecule has 62 valence electrons. The third-order valence-electron chi connectivity index (χ3n) is 1.24. The van der Waals surface area contributed by atoms with E-state index in [2.05, 4.69) is 0 Å². The van der Waals surface area contributed by atoms with Gasteiger partial charge in [-0.3, -0.25) is 0 Å². The van der Waals surface area contributed by atoms with Gasteiger partial charge >= 0.3 is 0 Å². The van der Waals surface area contributed by atoms with Crippen LogP contribution in [0.1, 0.15) is 0 Å². The van der Waals surface area contributed by atoms with E-state index in [9.17, 15) is 0 Å². The molecule has 0 saturated carbocycles. The Hall–Kier alpha value is -1.29. The predicted octanol–water partition coefficient (Wildman–Crippen LogP) is 0.684. The summed E-state index contributed by atoms with van der Waals surface area (Å²) in [6.45, 7) is 0. The molecule has 1 rings (SSSR count). The zero-order valence-corrected chi connectivity index (χ0v) is 6.43. The van der Waals surface area contributed by atoms with Crippen molar-refractivity contribution in [2.24, 2.45) is 0 Å². The number of hydrogen-bond donors (Lipinski definition) is 4. The molecule has 6 N–H and O–H groups in total. The predicted molar refractivity (Wildman–Crippen MR) is 45.8 cm³/mol. The third kappa shape index (κ3) is 1.59. The van der Waals surface area contributed by atoms with Crippen LogP contribution in [0.5, 0.6) is 11.5 Å². The Morgan fingerprint density at radius 2 is 1.18 bits per heavy atom. The van der Waals surface area contributed by atoms with Crippen LogP contribution >= 0.6 is 12.4 Å². The standard InChI is InChI=1S/C6H8N2O2.ClH/c7-5-3(9)1-2-4(10)6(5)8;/h1-2,9-10H,7-8H2;1H. The summed E-state index contributed by atoms with van der Waals surface area (Å²) < 4.78 is 0. The number of phenols is 2. The minimum atomic E-state index is -0.115. The van der Waals surface area contributed by atoms with E-state index < -0.39 is 0 Å². The maximum atomic E-state index is 8.91. The normalized spacial score (nSPS) is 8.73. The fourth-order valence-corrected chi connectivity index (χ4v) is 0.613. The summed E-state index contributed by atoms with van der Waals surface area (Å²) in [7, 11) is 0. The number of nitrogen functional groups attached to an aromatic ring is 2. The second kappa shape index (κ2) is 3.21. The quantitative estimate of drug-likeness (QED) is 0.266. The molecule has 5 heteroatoms. The van der Waals surface area contributed by atoms with Crippen molar-refractivity contribution in [2.45, 2.75) is 0 Å². The molecule has 1 aromatic carbocycles. The zero-order chi connectivity index (χ0) is 7.72. The van der Waals surface area contributed by atoms with Crippen LogP contribution in [0.3, 0.4) is 0 Å². The Morgan fingerprint density at radius 3 is 1.45 bits per heavy atom. The van der Waals surface area contributed by atoms with Crippen molar-refractivity contribution in [3.63, 3.8) is 0 Å². The molecule has 0 aliphatic heterocycles. The Labute approximate surface area is 69.9 Å². The topological polar surface area (TPSA) is 92.5 Å². The number of aromatic hydroxyl groups is 2. The average Bonchev–Trinajstić information content (AvgIpc) is 1.93. The number of nitrogens with two attached hydrogens (primary N) is 2. The molecular formula is C6H9ClN2O2. The molecule has 0 amide bonds. The molecule has 4 nitrogen and oxygen atoms in total. The molecule has 0 fully saturated rings. The first kappa shape index (κ1) is 9.71. The molecule has 0 aliphatic rings. The Kier molecular flexibility index (Phi) is 2.83. The summed E-state index contributed by atoms with van der Waals surface area (Å²) in [4.78, 5) is 0. The molecule has 0 aliphatic carbocycles. The van der Waals surface area contributed by atoms with Crippen LogP contribution in [-0.4, -0.2) is 10.2 Å². The van der Waals surface area contributed by atoms with Crippen molar-refractivity contribution < 1.29 is 10.2 Å². The van der Waals surface area contributed by atoms with E-state index >= 15 is 0 Å². The number of benzene rings is 1. The van der Waals surface area contributed by atoms with E-state index in [0.717, 1.165) is 0 Å². The van der Waals surface area contributed by atoms with Crippen LogP contribution in [0.15, 0.2) is 12.1 Å². The van der Waals surface area contributed by atoms with E-state index in [-0.39, 0.29) is 35.3 Å². The van der Waals surface area contributed by atoms with Crippen LogP contribution in [0.4, 0.5) is 11.4 Å². The lowest BCUT2D eigenvalue weighted by atomic mass is 10.2. The van der Waals surface area contributed by atoms with Crippen LogP contribution in [0.2, 0.25) is 0 Å². The number of phenolic OH excluding ortho intramolecular Hbond substituents is 2. The second-order valence-corrected chi connectivity index (χ2v) is 1.93. The zero-order valence-electron chi connectivity index (χ0n) is 5.61. The highest BCUT2D eigenvalue weighted by molar-refractivity contribution is 5.85. The van der Waals surface area contributed by atoms with E-state index in [4.69, 9.17) is 21.7 Å². The molecule has 0 heterocycles. The molecule has 1 aromatic rings. The number of hydrogen-bond acceptors (Lipinski definition) is 4. The fourth-order valence-electron chi connectivity index (χ4n) is 0.613. The van der Waals surface area contributed by atoms with Crippen molar-refractivity contribution >= 4 is 23.8 Å². The maximum absolute atomic E-state index is 8.91. The monoisotopic (exact) mass is 176 g/mol. The van der Waals surface area contributed by atoms with Crippen LogP contribution in [0, 0.1) is 0 Å². The lowest BCUT2D eigenvalue weighted by Crippen LogP contribution is -1.94. The van der Waals surface area contributed by atoms with Crippen molar-refractivity contribution in [3.05, 3.63) is 12.1 Å². The summed E-state index contributed by atoms with van der Waals surface area (Å²) in [5, 5.41) is 17.8. The summed E-state index contributed by atoms with van der Waals surface area (Å²) in [6.07, 6.45) is 0. The Balaban J connectivity index is 0.000001000. The summed E-state index contributed by atoms with van der Waals surface area (Å²) >= 11 is 0. The van der Waals surface area contributed by atoms with Crippen LogP contribution < -0.4 is 11.5 Å². The smallest absolute Gasteiger partial charge is 0.140 e. The van der Waals surface area contributed by atoms with Crippen molar-refractivity contribution in [3.8, 4) is 11.5 Å². The molecule has 0 unspecified atom stereocenters. The highest BCUT2D eigenvalue weighted by Crippen LogP contribution is 2.32. The lowest BCUT2D eigenvalue weighted by Gasteiger charge is -2.03. The van der Waals surface area contributed by atoms with Crippen molar-refractivity contribution in [2.75, 3.05) is 11.5 Å². The van der Waals surface area contributed by atoms with Gasteiger partial charge in [0.05, 0.1) is 0 Å². The van der Waals surface area contributed by atoms with Gasteiger partial charge < -0.3 is 21.7 Å². The second-order valence-electron chi connectivity index (χ2n) is 1.93. The van der Waals surface area contributed by atoms with Gasteiger partial charge in [-0.1, -0.05) is 0 Å². The largest absolute Gasteiger partial charge is 0.506 e. The summed E-state index contributed by atoms with van der Waals surface area (Å²) in [5.41, 5.74) is 10.5. The van der Waals surface area contributed by atoms with Crippen LogP contribution in [0.25, 0.3) is 0 Å². The van der Waals surface area contributed by atoms with Gasteiger partial charge in [0, 0.05) is 0 Å². The molecule has 0 radical (unpaired) electrons. The molecule has 0 aromatic heterocycles. The highest BCUT2D eigenvalue weighted by atomic mass is 35.5. The maximum Gasteiger partial charge on any atom is 0.140 e. The van der Waals surface area contributed by atoms with E-state index in [1.165, 1.54) is 12.1 Å². The molecule has 11 heavy (non-hydrogen) atoms. The first-order chi connectivity index (χ1) is 4.63. The number of halogens is 1. The van der Waals surface area contributed by atoms with Gasteiger partial charge in [-0.25, -0.2) is 0 Å². The van der Waals surface area contributed by atoms with Gasteiger partial charge in [0.25, 0.3) is 0 Å². The lowest BCUT2D eigenvalue weighted by molar-refractivity contribution is 0.464. The first-order valence-electron chi connectivity index (χ1n) is 2.69. The first-order valence-corrected chi connectivity index (χ1v) is 2.69. The van der Waals surface area contributed by atoms with Gasteiger partial charge in [0.15, 0.2) is 0 Å². The number of rotatable bonds is 0. The van der Waals surface area contributed by atoms with Gasteiger partial charge in [-0.15, -0.1) is 12.4 Å². The minimum absolute atomic E-state index is 0.